The molecule has 0 spiro atoms. The minimum atomic E-state index is -0.102. The van der Waals surface area contributed by atoms with Crippen LogP contribution in [0.5, 0.6) is 0 Å². The number of nitrogens with zero attached hydrogens (tertiary/aromatic N) is 2. The minimum Gasteiger partial charge on any atom is -0.368 e. The van der Waals surface area contributed by atoms with Crippen molar-refractivity contribution in [2.24, 2.45) is 0 Å². The average molecular weight is 226 g/mol. The second-order valence-corrected chi connectivity index (χ2v) is 4.74. The maximum Gasteiger partial charge on any atom is 0.221 e. The van der Waals surface area contributed by atoms with Gasteiger partial charge in [0.2, 0.25) is 5.95 Å². The Kier molecular flexibility index (Phi) is 3.35. The highest BCUT2D eigenvalue weighted by atomic mass is 35.5. The predicted molar refractivity (Wildman–Crippen MR) is 64.9 cm³/mol. The van der Waals surface area contributed by atoms with Crippen LogP contribution in [0.3, 0.4) is 0 Å². The van der Waals surface area contributed by atoms with Crippen molar-refractivity contribution in [2.45, 2.75) is 33.1 Å². The fraction of sp³-hybridized carbons (Fsp3) is 0.455. The van der Waals surface area contributed by atoms with Gasteiger partial charge >= 0.3 is 0 Å². The van der Waals surface area contributed by atoms with E-state index in [0.29, 0.717) is 5.15 Å². The molecule has 1 rings (SSSR count). The van der Waals surface area contributed by atoms with Crippen LogP contribution in [0.2, 0.25) is 5.15 Å². The summed E-state index contributed by atoms with van der Waals surface area (Å²) >= 11 is 6.04. The van der Waals surface area contributed by atoms with E-state index in [0.717, 1.165) is 11.3 Å². The van der Waals surface area contributed by atoms with Crippen molar-refractivity contribution in [1.82, 2.24) is 9.97 Å². The zero-order valence-electron chi connectivity index (χ0n) is 9.50. The zero-order valence-corrected chi connectivity index (χ0v) is 10.3. The van der Waals surface area contributed by atoms with Gasteiger partial charge in [0.15, 0.2) is 0 Å². The Morgan fingerprint density at radius 2 is 1.87 bits per heavy atom. The van der Waals surface area contributed by atoms with Gasteiger partial charge in [-0.3, -0.25) is 0 Å². The van der Waals surface area contributed by atoms with Gasteiger partial charge in [-0.15, -0.1) is 0 Å². The number of anilines is 1. The first kappa shape index (κ1) is 12.0. The second kappa shape index (κ2) is 4.19. The third-order valence-electron chi connectivity index (χ3n) is 1.96. The fourth-order valence-electron chi connectivity index (χ4n) is 1.34. The standard InChI is InChI=1S/C11H16ClN3/c1-5-6-7-8(11(2,3)4)14-10(13)15-9(7)12/h5-6H,1-4H3,(H2,13,14,15)/b6-5+. The molecule has 0 atom stereocenters. The van der Waals surface area contributed by atoms with Gasteiger partial charge in [0.05, 0.1) is 5.69 Å². The lowest BCUT2D eigenvalue weighted by Crippen LogP contribution is -2.17. The van der Waals surface area contributed by atoms with Crippen LogP contribution in [-0.2, 0) is 5.41 Å². The van der Waals surface area contributed by atoms with Crippen molar-refractivity contribution in [1.29, 1.82) is 0 Å². The van der Waals surface area contributed by atoms with E-state index in [1.165, 1.54) is 0 Å². The molecule has 0 amide bonds. The predicted octanol–water partition coefficient (Wildman–Crippen LogP) is 3.04. The molecule has 0 bridgehead atoms. The molecule has 0 aliphatic carbocycles. The van der Waals surface area contributed by atoms with Crippen LogP contribution in [0.4, 0.5) is 5.95 Å². The van der Waals surface area contributed by atoms with Gasteiger partial charge in [0.25, 0.3) is 0 Å². The molecule has 0 aliphatic heterocycles. The first-order valence-electron chi connectivity index (χ1n) is 4.82. The van der Waals surface area contributed by atoms with E-state index >= 15 is 0 Å². The summed E-state index contributed by atoms with van der Waals surface area (Å²) in [7, 11) is 0. The lowest BCUT2D eigenvalue weighted by molar-refractivity contribution is 0.567. The summed E-state index contributed by atoms with van der Waals surface area (Å²) in [5, 5.41) is 0.408. The zero-order chi connectivity index (χ0) is 11.6. The molecular formula is C11H16ClN3. The smallest absolute Gasteiger partial charge is 0.221 e. The number of halogens is 1. The number of aromatic nitrogens is 2. The van der Waals surface area contributed by atoms with E-state index in [9.17, 15) is 0 Å². The molecule has 0 radical (unpaired) electrons. The van der Waals surface area contributed by atoms with Crippen molar-refractivity contribution in [3.05, 3.63) is 22.5 Å². The van der Waals surface area contributed by atoms with E-state index in [4.69, 9.17) is 17.3 Å². The van der Waals surface area contributed by atoms with E-state index in [1.54, 1.807) is 0 Å². The molecule has 1 heterocycles. The quantitative estimate of drug-likeness (QED) is 0.748. The number of rotatable bonds is 1. The van der Waals surface area contributed by atoms with Crippen LogP contribution in [0, 0.1) is 0 Å². The Balaban J connectivity index is 3.47. The van der Waals surface area contributed by atoms with Crippen LogP contribution < -0.4 is 5.73 Å². The van der Waals surface area contributed by atoms with Crippen LogP contribution in [-0.4, -0.2) is 9.97 Å². The molecule has 0 saturated carbocycles. The van der Waals surface area contributed by atoms with Crippen molar-refractivity contribution in [3.63, 3.8) is 0 Å². The van der Waals surface area contributed by atoms with Gasteiger partial charge in [-0.1, -0.05) is 44.5 Å². The molecule has 3 nitrogen and oxygen atoms in total. The first-order valence-corrected chi connectivity index (χ1v) is 5.20. The molecule has 1 aromatic rings. The molecule has 0 unspecified atom stereocenters. The molecule has 0 aliphatic rings. The highest BCUT2D eigenvalue weighted by molar-refractivity contribution is 6.31. The number of hydrogen-bond donors (Lipinski definition) is 1. The summed E-state index contributed by atoms with van der Waals surface area (Å²) in [5.74, 6) is 0.221. The highest BCUT2D eigenvalue weighted by Gasteiger charge is 2.21. The van der Waals surface area contributed by atoms with Gasteiger partial charge < -0.3 is 5.73 Å². The molecule has 82 valence electrons. The lowest BCUT2D eigenvalue weighted by Gasteiger charge is -2.20. The molecule has 4 heteroatoms. The summed E-state index contributed by atoms with van der Waals surface area (Å²) in [5.41, 5.74) is 7.21. The Labute approximate surface area is 95.4 Å². The summed E-state index contributed by atoms with van der Waals surface area (Å²) < 4.78 is 0. The average Bonchev–Trinajstić information content (AvgIpc) is 2.07. The Bertz CT molecular complexity index is 392. The highest BCUT2D eigenvalue weighted by Crippen LogP contribution is 2.29. The van der Waals surface area contributed by atoms with Gasteiger partial charge in [0.1, 0.15) is 5.15 Å². The van der Waals surface area contributed by atoms with Crippen molar-refractivity contribution in [3.8, 4) is 0 Å². The summed E-state index contributed by atoms with van der Waals surface area (Å²) in [6.45, 7) is 8.13. The first-order chi connectivity index (χ1) is 6.86. The second-order valence-electron chi connectivity index (χ2n) is 4.38. The fourth-order valence-corrected chi connectivity index (χ4v) is 1.58. The topological polar surface area (TPSA) is 51.8 Å². The van der Waals surface area contributed by atoms with Gasteiger partial charge in [-0.25, -0.2) is 9.97 Å². The monoisotopic (exact) mass is 225 g/mol. The van der Waals surface area contributed by atoms with Gasteiger partial charge in [-0.2, -0.15) is 0 Å². The minimum absolute atomic E-state index is 0.102. The van der Waals surface area contributed by atoms with Gasteiger partial charge in [0, 0.05) is 11.0 Å². The van der Waals surface area contributed by atoms with E-state index in [2.05, 4.69) is 30.7 Å². The maximum absolute atomic E-state index is 6.04. The van der Waals surface area contributed by atoms with Crippen molar-refractivity contribution >= 4 is 23.6 Å². The maximum atomic E-state index is 6.04. The third kappa shape index (κ3) is 2.69. The summed E-state index contributed by atoms with van der Waals surface area (Å²) in [6, 6.07) is 0. The number of nitrogens with two attached hydrogens (primary N) is 1. The summed E-state index contributed by atoms with van der Waals surface area (Å²) in [4.78, 5) is 8.20. The largest absolute Gasteiger partial charge is 0.368 e. The Morgan fingerprint density at radius 1 is 1.27 bits per heavy atom. The van der Waals surface area contributed by atoms with E-state index < -0.39 is 0 Å². The molecule has 0 saturated heterocycles. The molecule has 0 aromatic carbocycles. The number of hydrogen-bond acceptors (Lipinski definition) is 3. The van der Waals surface area contributed by atoms with Crippen molar-refractivity contribution < 1.29 is 0 Å². The van der Waals surface area contributed by atoms with E-state index in [-0.39, 0.29) is 11.4 Å². The normalized spacial score (nSPS) is 12.3. The molecule has 1 aromatic heterocycles. The number of allylic oxidation sites excluding steroid dienone is 1. The van der Waals surface area contributed by atoms with Crippen LogP contribution in [0.1, 0.15) is 39.0 Å². The van der Waals surface area contributed by atoms with Crippen LogP contribution >= 0.6 is 11.6 Å². The lowest BCUT2D eigenvalue weighted by atomic mass is 9.89. The molecule has 2 N–H and O–H groups in total. The Morgan fingerprint density at radius 3 is 2.33 bits per heavy atom. The van der Waals surface area contributed by atoms with Crippen LogP contribution in [0.15, 0.2) is 6.08 Å². The number of nitrogen functional groups attached to an aromatic ring is 1. The van der Waals surface area contributed by atoms with Crippen LogP contribution in [0.25, 0.3) is 6.08 Å². The van der Waals surface area contributed by atoms with Crippen molar-refractivity contribution in [2.75, 3.05) is 5.73 Å². The Hall–Kier alpha value is -1.09. The van der Waals surface area contributed by atoms with E-state index in [1.807, 2.05) is 19.1 Å². The molecule has 15 heavy (non-hydrogen) atoms. The molecular weight excluding hydrogens is 210 g/mol. The summed E-state index contributed by atoms with van der Waals surface area (Å²) in [6.07, 6.45) is 3.82. The molecule has 0 fully saturated rings. The SMILES string of the molecule is C/C=C/c1c(Cl)nc(N)nc1C(C)(C)C. The van der Waals surface area contributed by atoms with Gasteiger partial charge in [-0.05, 0) is 6.92 Å². The third-order valence-corrected chi connectivity index (χ3v) is 2.25.